The highest BCUT2D eigenvalue weighted by atomic mass is 32.2. The van der Waals surface area contributed by atoms with Crippen molar-refractivity contribution in [3.05, 3.63) is 89.7 Å². The van der Waals surface area contributed by atoms with Crippen molar-refractivity contribution in [3.8, 4) is 22.9 Å². The van der Waals surface area contributed by atoms with E-state index in [2.05, 4.69) is 27.6 Å². The number of hydrogen-bond acceptors (Lipinski definition) is 9. The average Bonchev–Trinajstić information content (AvgIpc) is 3.37. The minimum atomic E-state index is -0.520. The third-order valence-corrected chi connectivity index (χ3v) is 6.72. The molecule has 11 heteroatoms. The molecule has 0 saturated heterocycles. The zero-order valence-corrected chi connectivity index (χ0v) is 23.9. The summed E-state index contributed by atoms with van der Waals surface area (Å²) in [5, 5.41) is 13.0. The highest BCUT2D eigenvalue weighted by molar-refractivity contribution is 7.99. The van der Waals surface area contributed by atoms with Crippen LogP contribution in [-0.4, -0.2) is 52.3 Å². The molecule has 1 aromatic heterocycles. The number of aryl methyl sites for hydroxylation is 1. The van der Waals surface area contributed by atoms with Crippen LogP contribution in [-0.2, 0) is 4.79 Å². The number of aromatic nitrogens is 3. The summed E-state index contributed by atoms with van der Waals surface area (Å²) >= 11 is 1.26. The molecule has 1 N–H and O–H groups in total. The number of hydrazone groups is 1. The van der Waals surface area contributed by atoms with Crippen LogP contribution in [0.5, 0.6) is 17.2 Å². The summed E-state index contributed by atoms with van der Waals surface area (Å²) < 4.78 is 18.5. The van der Waals surface area contributed by atoms with Gasteiger partial charge in [-0.3, -0.25) is 9.36 Å². The molecule has 0 radical (unpaired) electrons. The Labute approximate surface area is 242 Å². The summed E-state index contributed by atoms with van der Waals surface area (Å²) in [5.41, 5.74) is 4.46. The van der Waals surface area contributed by atoms with Gasteiger partial charge in [0.05, 0.1) is 31.2 Å². The molecule has 0 fully saturated rings. The number of nitrogens with one attached hydrogen (secondary N) is 1. The van der Waals surface area contributed by atoms with Crippen LogP contribution in [0.1, 0.15) is 41.5 Å². The van der Waals surface area contributed by atoms with Crippen molar-refractivity contribution in [2.45, 2.75) is 31.8 Å². The maximum Gasteiger partial charge on any atom is 0.343 e. The number of carbonyl (C=O) groups is 2. The quantitative estimate of drug-likeness (QED) is 0.0578. The predicted octanol–water partition coefficient (Wildman–Crippen LogP) is 5.22. The number of thioether (sulfide) groups is 1. The first kappa shape index (κ1) is 29.3. The maximum absolute atomic E-state index is 12.6. The van der Waals surface area contributed by atoms with E-state index in [1.807, 2.05) is 41.8 Å². The van der Waals surface area contributed by atoms with Gasteiger partial charge in [0.1, 0.15) is 11.6 Å². The van der Waals surface area contributed by atoms with Crippen LogP contribution in [0.25, 0.3) is 5.69 Å². The van der Waals surface area contributed by atoms with E-state index in [0.717, 1.165) is 24.4 Å². The molecule has 10 nitrogen and oxygen atoms in total. The lowest BCUT2D eigenvalue weighted by atomic mass is 10.2. The topological polar surface area (TPSA) is 117 Å². The number of rotatable bonds is 13. The molecule has 1 amide bonds. The van der Waals surface area contributed by atoms with Gasteiger partial charge in [0.2, 0.25) is 0 Å². The summed E-state index contributed by atoms with van der Waals surface area (Å²) in [6.45, 7) is 4.59. The SMILES string of the molecule is CCCCOc1ccc(C(=O)Oc2ccc(/C=N/NC(=O)CSc3nnc(C)n3-c3ccccc3)cc2OC)cc1. The van der Waals surface area contributed by atoms with Gasteiger partial charge in [0.15, 0.2) is 16.7 Å². The van der Waals surface area contributed by atoms with Crippen molar-refractivity contribution in [3.63, 3.8) is 0 Å². The van der Waals surface area contributed by atoms with Gasteiger partial charge in [-0.2, -0.15) is 5.10 Å². The molecule has 4 rings (SSSR count). The van der Waals surface area contributed by atoms with Gasteiger partial charge in [0, 0.05) is 5.69 Å². The van der Waals surface area contributed by atoms with Crippen LogP contribution < -0.4 is 19.6 Å². The normalized spacial score (nSPS) is 10.9. The number of carbonyl (C=O) groups excluding carboxylic acids is 2. The number of unbranched alkanes of at least 4 members (excludes halogenated alkanes) is 1. The van der Waals surface area contributed by atoms with Crippen molar-refractivity contribution < 1.29 is 23.8 Å². The van der Waals surface area contributed by atoms with E-state index >= 15 is 0 Å². The molecule has 0 aliphatic carbocycles. The van der Waals surface area contributed by atoms with Gasteiger partial charge in [-0.1, -0.05) is 43.3 Å². The van der Waals surface area contributed by atoms with Crippen LogP contribution >= 0.6 is 11.8 Å². The molecule has 41 heavy (non-hydrogen) atoms. The Morgan fingerprint density at radius 3 is 2.54 bits per heavy atom. The molecule has 0 aliphatic rings. The average molecular weight is 574 g/mol. The zero-order valence-electron chi connectivity index (χ0n) is 23.1. The number of nitrogens with zero attached hydrogens (tertiary/aromatic N) is 4. The molecule has 0 bridgehead atoms. The molecule has 4 aromatic rings. The number of methoxy groups -OCH3 is 1. The Balaban J connectivity index is 1.30. The molecule has 0 spiro atoms. The predicted molar refractivity (Wildman–Crippen MR) is 157 cm³/mol. The van der Waals surface area contributed by atoms with E-state index in [9.17, 15) is 9.59 Å². The lowest BCUT2D eigenvalue weighted by Gasteiger charge is -2.10. The fraction of sp³-hybridized carbons (Fsp3) is 0.233. The third-order valence-electron chi connectivity index (χ3n) is 5.79. The summed E-state index contributed by atoms with van der Waals surface area (Å²) in [4.78, 5) is 25.0. The summed E-state index contributed by atoms with van der Waals surface area (Å²) in [6, 6.07) is 21.5. The maximum atomic E-state index is 12.6. The van der Waals surface area contributed by atoms with Gasteiger partial charge >= 0.3 is 5.97 Å². The Bertz CT molecular complexity index is 1490. The Morgan fingerprint density at radius 1 is 1.02 bits per heavy atom. The summed E-state index contributed by atoms with van der Waals surface area (Å²) in [5.74, 6) is 1.32. The third kappa shape index (κ3) is 8.18. The molecule has 0 atom stereocenters. The van der Waals surface area contributed by atoms with Crippen LogP contribution in [0.3, 0.4) is 0 Å². The highest BCUT2D eigenvalue weighted by Crippen LogP contribution is 2.29. The van der Waals surface area contributed by atoms with Gasteiger partial charge < -0.3 is 14.2 Å². The first-order valence-electron chi connectivity index (χ1n) is 13.0. The molecular weight excluding hydrogens is 542 g/mol. The molecule has 3 aromatic carbocycles. The van der Waals surface area contributed by atoms with Crippen molar-refractivity contribution >= 4 is 29.9 Å². The fourth-order valence-electron chi connectivity index (χ4n) is 3.68. The van der Waals surface area contributed by atoms with Gasteiger partial charge in [0.25, 0.3) is 5.91 Å². The molecule has 0 aliphatic heterocycles. The largest absolute Gasteiger partial charge is 0.494 e. The second-order valence-corrected chi connectivity index (χ2v) is 9.75. The van der Waals surface area contributed by atoms with E-state index in [1.54, 1.807) is 42.5 Å². The van der Waals surface area contributed by atoms with Crippen molar-refractivity contribution in [2.24, 2.45) is 5.10 Å². The second kappa shape index (κ2) is 14.7. The first-order chi connectivity index (χ1) is 20.0. The van der Waals surface area contributed by atoms with E-state index in [-0.39, 0.29) is 17.4 Å². The molecule has 212 valence electrons. The van der Waals surface area contributed by atoms with Crippen molar-refractivity contribution in [1.29, 1.82) is 0 Å². The number of ether oxygens (including phenoxy) is 3. The van der Waals surface area contributed by atoms with E-state index in [1.165, 1.54) is 25.1 Å². The number of hydrogen-bond donors (Lipinski definition) is 1. The number of para-hydroxylation sites is 1. The number of benzene rings is 3. The highest BCUT2D eigenvalue weighted by Gasteiger charge is 2.14. The molecular formula is C30H31N5O5S. The second-order valence-electron chi connectivity index (χ2n) is 8.81. The van der Waals surface area contributed by atoms with Crippen LogP contribution in [0.15, 0.2) is 83.1 Å². The van der Waals surface area contributed by atoms with E-state index in [4.69, 9.17) is 14.2 Å². The lowest BCUT2D eigenvalue weighted by Crippen LogP contribution is -2.20. The van der Waals surface area contributed by atoms with E-state index < -0.39 is 5.97 Å². The first-order valence-corrected chi connectivity index (χ1v) is 14.0. The Morgan fingerprint density at radius 2 is 1.80 bits per heavy atom. The minimum absolute atomic E-state index is 0.104. The standard InChI is InChI=1S/C30H31N5O5S/c1-4-5-17-39-25-14-12-23(13-15-25)29(37)40-26-16-11-22(18-27(26)38-3)19-31-33-28(36)20-41-30-34-32-21(2)35(30)24-9-7-6-8-10-24/h6-16,18-19H,4-5,17,20H2,1-3H3,(H,33,36)/b31-19+. The van der Waals surface area contributed by atoms with Crippen LogP contribution in [0.2, 0.25) is 0 Å². The summed E-state index contributed by atoms with van der Waals surface area (Å²) in [6.07, 6.45) is 3.49. The molecule has 0 saturated carbocycles. The van der Waals surface area contributed by atoms with Gasteiger partial charge in [-0.05, 0) is 73.5 Å². The van der Waals surface area contributed by atoms with Crippen molar-refractivity contribution in [1.82, 2.24) is 20.2 Å². The van der Waals surface area contributed by atoms with Gasteiger partial charge in [-0.15, -0.1) is 10.2 Å². The number of esters is 1. The molecule has 0 unspecified atom stereocenters. The van der Waals surface area contributed by atoms with Crippen LogP contribution in [0.4, 0.5) is 0 Å². The summed E-state index contributed by atoms with van der Waals surface area (Å²) in [7, 11) is 1.48. The van der Waals surface area contributed by atoms with Crippen molar-refractivity contribution in [2.75, 3.05) is 19.5 Å². The minimum Gasteiger partial charge on any atom is -0.494 e. The molecule has 1 heterocycles. The number of amides is 1. The van der Waals surface area contributed by atoms with Crippen LogP contribution in [0, 0.1) is 6.92 Å². The fourth-order valence-corrected chi connectivity index (χ4v) is 4.47. The van der Waals surface area contributed by atoms with Gasteiger partial charge in [-0.25, -0.2) is 10.2 Å². The van der Waals surface area contributed by atoms with E-state index in [0.29, 0.717) is 34.4 Å². The lowest BCUT2D eigenvalue weighted by molar-refractivity contribution is -0.118. The monoisotopic (exact) mass is 573 g/mol. The Kier molecular flexibility index (Phi) is 10.5. The Hall–Kier alpha value is -4.64. The zero-order chi connectivity index (χ0) is 29.0. The smallest absolute Gasteiger partial charge is 0.343 e.